The van der Waals surface area contributed by atoms with Gasteiger partial charge in [0.05, 0.1) is 0 Å². The van der Waals surface area contributed by atoms with E-state index in [1.165, 1.54) is 0 Å². The van der Waals surface area contributed by atoms with Crippen LogP contribution in [0.25, 0.3) is 0 Å². The highest BCUT2D eigenvalue weighted by molar-refractivity contribution is 6.93. The zero-order chi connectivity index (χ0) is 3.58. The van der Waals surface area contributed by atoms with E-state index < -0.39 is 4.70 Å². The second kappa shape index (κ2) is 15.7. The smallest absolute Gasteiger partial charge is 0.262 e. The number of hydrogen-bond donors (Lipinski definition) is 0. The van der Waals surface area contributed by atoms with Crippen molar-refractivity contribution in [1.82, 2.24) is 0 Å². The van der Waals surface area contributed by atoms with E-state index >= 15 is 0 Å². The second-order valence-electron chi connectivity index (χ2n) is 0.226. The molecule has 0 atom stereocenters. The molecule has 0 rings (SSSR count). The Balaban J connectivity index is -0.0000000150. The Morgan fingerprint density at radius 1 is 1.00 bits per heavy atom. The van der Waals surface area contributed by atoms with Gasteiger partial charge in [0.25, 0.3) is 0 Å². The fourth-order valence-corrected chi connectivity index (χ4v) is 0. The molecule has 0 fully saturated rings. The molecule has 0 N–H and O–H groups in total. The molecule has 0 aromatic rings. The maximum atomic E-state index is 8.98. The number of halogens is 5. The lowest BCUT2D eigenvalue weighted by atomic mass is 11.8. The SMILES string of the molecule is Cl.Cl.Cl.O=C(Cl)Cl. The molecule has 0 amide bonds. The van der Waals surface area contributed by atoms with E-state index in [-0.39, 0.29) is 37.2 Å². The summed E-state index contributed by atoms with van der Waals surface area (Å²) in [6.45, 7) is 0. The fourth-order valence-electron chi connectivity index (χ4n) is 0. The minimum atomic E-state index is -0.889. The first-order valence-corrected chi connectivity index (χ1v) is 1.34. The molecule has 0 aliphatic heterocycles. The lowest BCUT2D eigenvalue weighted by Crippen LogP contribution is -1.46. The molecule has 0 heterocycles. The van der Waals surface area contributed by atoms with Gasteiger partial charge in [0.15, 0.2) is 0 Å². The van der Waals surface area contributed by atoms with Gasteiger partial charge in [-0.2, -0.15) is 0 Å². The predicted molar refractivity (Wildman–Crippen MR) is 38.8 cm³/mol. The van der Waals surface area contributed by atoms with Gasteiger partial charge in [-0.15, -0.1) is 37.2 Å². The Hall–Kier alpha value is 1.12. The normalized spacial score (nSPS) is 3.71. The van der Waals surface area contributed by atoms with Gasteiger partial charge in [-0.25, -0.2) is 0 Å². The zero-order valence-electron chi connectivity index (χ0n) is 2.89. The Bertz CT molecular complexity index is 31.1. The summed E-state index contributed by atoms with van der Waals surface area (Å²) in [4.78, 5) is 8.98. The summed E-state index contributed by atoms with van der Waals surface area (Å²) in [6, 6.07) is 0. The van der Waals surface area contributed by atoms with Gasteiger partial charge in [0.2, 0.25) is 0 Å². The first-order valence-electron chi connectivity index (χ1n) is 0.582. The first-order chi connectivity index (χ1) is 1.73. The van der Waals surface area contributed by atoms with Gasteiger partial charge in [-0.1, -0.05) is 0 Å². The van der Waals surface area contributed by atoms with Gasteiger partial charge < -0.3 is 0 Å². The van der Waals surface area contributed by atoms with Crippen LogP contribution in [0.4, 0.5) is 4.79 Å². The molecular formula is CH3Cl5O. The summed E-state index contributed by atoms with van der Waals surface area (Å²) in [7, 11) is 0. The summed E-state index contributed by atoms with van der Waals surface area (Å²) >= 11 is 8.80. The van der Waals surface area contributed by atoms with E-state index in [2.05, 4.69) is 23.2 Å². The quantitative estimate of drug-likeness (QED) is 0.559. The minimum absolute atomic E-state index is 0. The van der Waals surface area contributed by atoms with E-state index in [9.17, 15) is 0 Å². The molecule has 0 radical (unpaired) electrons. The van der Waals surface area contributed by atoms with Crippen molar-refractivity contribution in [2.75, 3.05) is 0 Å². The standard InChI is InChI=1S/CCl2O.3ClH/c2-1(3)4;;;/h;3*1H. The van der Waals surface area contributed by atoms with Crippen LogP contribution < -0.4 is 0 Å². The minimum Gasteiger partial charge on any atom is -0.262 e. The van der Waals surface area contributed by atoms with E-state index in [0.717, 1.165) is 0 Å². The molecule has 0 aromatic heterocycles. The van der Waals surface area contributed by atoms with Crippen LogP contribution in [-0.4, -0.2) is 4.70 Å². The third-order valence-electron chi connectivity index (χ3n) is 0. The molecule has 0 bridgehead atoms. The summed E-state index contributed by atoms with van der Waals surface area (Å²) < 4.78 is -0.889. The highest BCUT2D eigenvalue weighted by Crippen LogP contribution is 1.84. The first kappa shape index (κ1) is 24.3. The highest BCUT2D eigenvalue weighted by Gasteiger charge is 1.72. The van der Waals surface area contributed by atoms with Crippen LogP contribution in [0.2, 0.25) is 0 Å². The molecule has 0 saturated carbocycles. The van der Waals surface area contributed by atoms with Crippen molar-refractivity contribution in [1.29, 1.82) is 0 Å². The molecular weight excluding hydrogens is 205 g/mol. The van der Waals surface area contributed by atoms with E-state index in [1.54, 1.807) is 0 Å². The van der Waals surface area contributed by atoms with Crippen LogP contribution in [0.5, 0.6) is 0 Å². The third kappa shape index (κ3) is 149. The maximum absolute atomic E-state index is 8.98. The highest BCUT2D eigenvalue weighted by atomic mass is 35.5. The maximum Gasteiger partial charge on any atom is 0.313 e. The topological polar surface area (TPSA) is 17.1 Å². The Morgan fingerprint density at radius 2 is 1.00 bits per heavy atom. The Labute approximate surface area is 70.0 Å². The number of carbonyl (C=O) groups is 1. The number of carbonyl (C=O) groups excluding carboxylic acids is 1. The van der Waals surface area contributed by atoms with Crippen LogP contribution in [0.1, 0.15) is 0 Å². The number of rotatable bonds is 0. The summed E-state index contributed by atoms with van der Waals surface area (Å²) in [5, 5.41) is 0. The summed E-state index contributed by atoms with van der Waals surface area (Å²) in [6.07, 6.45) is 0. The summed E-state index contributed by atoms with van der Waals surface area (Å²) in [5.74, 6) is 0. The largest absolute Gasteiger partial charge is 0.313 e. The average Bonchev–Trinajstić information content (AvgIpc) is 0.811. The van der Waals surface area contributed by atoms with Crippen LogP contribution in [-0.2, 0) is 0 Å². The molecule has 1 nitrogen and oxygen atoms in total. The predicted octanol–water partition coefficient (Wildman–Crippen LogP) is 2.85. The fraction of sp³-hybridized carbons (Fsp3) is 0. The van der Waals surface area contributed by atoms with Crippen molar-refractivity contribution in [3.8, 4) is 0 Å². The van der Waals surface area contributed by atoms with Crippen LogP contribution in [0, 0.1) is 0 Å². The van der Waals surface area contributed by atoms with Gasteiger partial charge in [-0.3, -0.25) is 4.79 Å². The lowest BCUT2D eigenvalue weighted by Gasteiger charge is -1.48. The molecule has 0 unspecified atom stereocenters. The van der Waals surface area contributed by atoms with E-state index in [0.29, 0.717) is 0 Å². The second-order valence-corrected chi connectivity index (χ2v) is 1.11. The van der Waals surface area contributed by atoms with E-state index in [4.69, 9.17) is 4.79 Å². The molecule has 7 heavy (non-hydrogen) atoms. The van der Waals surface area contributed by atoms with Gasteiger partial charge >= 0.3 is 4.70 Å². The molecule has 6 heteroatoms. The molecule has 0 aliphatic rings. The molecule has 0 saturated heterocycles. The molecule has 0 aliphatic carbocycles. The van der Waals surface area contributed by atoms with Crippen molar-refractivity contribution >= 4 is 65.1 Å². The molecule has 0 spiro atoms. The summed E-state index contributed by atoms with van der Waals surface area (Å²) in [5.41, 5.74) is 0. The van der Waals surface area contributed by atoms with Crippen molar-refractivity contribution in [2.24, 2.45) is 0 Å². The molecule has 48 valence electrons. The van der Waals surface area contributed by atoms with Crippen LogP contribution >= 0.6 is 60.4 Å². The Kier molecular flexibility index (Phi) is 54.4. The number of hydrogen-bond acceptors (Lipinski definition) is 1. The van der Waals surface area contributed by atoms with Crippen molar-refractivity contribution in [3.63, 3.8) is 0 Å². The van der Waals surface area contributed by atoms with Gasteiger partial charge in [0, 0.05) is 0 Å². The Morgan fingerprint density at radius 3 is 1.00 bits per heavy atom. The van der Waals surface area contributed by atoms with E-state index in [1.807, 2.05) is 0 Å². The third-order valence-corrected chi connectivity index (χ3v) is 0. The lowest BCUT2D eigenvalue weighted by molar-refractivity contribution is 0.275. The van der Waals surface area contributed by atoms with Crippen LogP contribution in [0.15, 0.2) is 0 Å². The van der Waals surface area contributed by atoms with Crippen molar-refractivity contribution in [2.45, 2.75) is 0 Å². The molecule has 0 aromatic carbocycles. The van der Waals surface area contributed by atoms with Gasteiger partial charge in [0.1, 0.15) is 0 Å². The van der Waals surface area contributed by atoms with Gasteiger partial charge in [-0.05, 0) is 23.2 Å². The zero-order valence-corrected chi connectivity index (χ0v) is 6.85. The van der Waals surface area contributed by atoms with Crippen molar-refractivity contribution in [3.05, 3.63) is 0 Å². The van der Waals surface area contributed by atoms with Crippen LogP contribution in [0.3, 0.4) is 0 Å². The van der Waals surface area contributed by atoms with Crippen molar-refractivity contribution < 1.29 is 4.79 Å². The monoisotopic (exact) mass is 206 g/mol. The average molecular weight is 208 g/mol.